The van der Waals surface area contributed by atoms with Crippen LogP contribution < -0.4 is 4.74 Å². The highest BCUT2D eigenvalue weighted by Gasteiger charge is 2.42. The van der Waals surface area contributed by atoms with Gasteiger partial charge in [-0.15, -0.1) is 0 Å². The fourth-order valence-electron chi connectivity index (χ4n) is 7.63. The third-order valence-electron chi connectivity index (χ3n) is 10.3. The topological polar surface area (TPSA) is 63.8 Å². The number of halogens is 4. The van der Waals surface area contributed by atoms with Crippen LogP contribution in [0.2, 0.25) is 0 Å². The summed E-state index contributed by atoms with van der Waals surface area (Å²) in [4.78, 5) is 14.6. The molecule has 53 heavy (non-hydrogen) atoms. The van der Waals surface area contributed by atoms with Gasteiger partial charge in [0, 0.05) is 50.5 Å². The van der Waals surface area contributed by atoms with Crippen molar-refractivity contribution in [3.8, 4) is 5.75 Å². The average Bonchev–Trinajstić information content (AvgIpc) is 3.44. The van der Waals surface area contributed by atoms with E-state index in [0.29, 0.717) is 22.6 Å². The minimum absolute atomic E-state index is 0.0149. The molecule has 0 spiro atoms. The molecule has 276 valence electrons. The van der Waals surface area contributed by atoms with Crippen LogP contribution in [0.1, 0.15) is 83.3 Å². The van der Waals surface area contributed by atoms with Gasteiger partial charge >= 0.3 is 12.3 Å². The third-order valence-corrected chi connectivity index (χ3v) is 10.3. The first-order chi connectivity index (χ1) is 25.4. The van der Waals surface area contributed by atoms with Crippen LogP contribution in [0.15, 0.2) is 90.1 Å². The summed E-state index contributed by atoms with van der Waals surface area (Å²) in [7, 11) is 0. The van der Waals surface area contributed by atoms with Crippen LogP contribution in [-0.2, 0) is 6.54 Å². The lowest BCUT2D eigenvalue weighted by Crippen LogP contribution is -2.34. The Labute approximate surface area is 306 Å². The summed E-state index contributed by atoms with van der Waals surface area (Å²) in [6.45, 7) is 9.52. The van der Waals surface area contributed by atoms with Crippen LogP contribution >= 0.6 is 0 Å². The summed E-state index contributed by atoms with van der Waals surface area (Å²) >= 11 is 0. The van der Waals surface area contributed by atoms with Crippen molar-refractivity contribution in [2.24, 2.45) is 11.1 Å². The lowest BCUT2D eigenvalue weighted by molar-refractivity contribution is -0.148. The predicted octanol–water partition coefficient (Wildman–Crippen LogP) is 11.8. The maximum atomic E-state index is 14.6. The van der Waals surface area contributed by atoms with Gasteiger partial charge in [0.25, 0.3) is 0 Å². The Morgan fingerprint density at radius 3 is 2.19 bits per heavy atom. The lowest BCUT2D eigenvalue weighted by Gasteiger charge is -2.19. The first-order valence-corrected chi connectivity index (χ1v) is 18.1. The highest BCUT2D eigenvalue weighted by molar-refractivity contribution is 6.27. The van der Waals surface area contributed by atoms with Gasteiger partial charge in [-0.05, 0) is 80.0 Å². The van der Waals surface area contributed by atoms with E-state index in [-0.39, 0.29) is 22.8 Å². The predicted molar refractivity (Wildman–Crippen MR) is 205 cm³/mol. The molecule has 1 aromatic heterocycles. The Morgan fingerprint density at radius 2 is 1.53 bits per heavy atom. The second-order valence-corrected chi connectivity index (χ2v) is 14.0. The molecular formula is C44H44F4N2O3. The van der Waals surface area contributed by atoms with Gasteiger partial charge in [-0.3, -0.25) is 4.79 Å². The Balaban J connectivity index is 1.59. The fourth-order valence-corrected chi connectivity index (χ4v) is 7.63. The molecule has 0 bridgehead atoms. The number of aryl methyl sites for hydroxylation is 3. The van der Waals surface area contributed by atoms with E-state index in [1.807, 2.05) is 69.3 Å². The van der Waals surface area contributed by atoms with Crippen molar-refractivity contribution in [1.82, 2.24) is 4.57 Å². The molecule has 1 heterocycles. The highest BCUT2D eigenvalue weighted by Crippen LogP contribution is 2.40. The zero-order valence-electron chi connectivity index (χ0n) is 30.7. The van der Waals surface area contributed by atoms with Crippen LogP contribution in [0.5, 0.6) is 5.75 Å². The van der Waals surface area contributed by atoms with Gasteiger partial charge in [-0.25, -0.2) is 8.78 Å². The number of hydrogen-bond donors (Lipinski definition) is 1. The minimum atomic E-state index is -4.37. The van der Waals surface area contributed by atoms with Crippen LogP contribution in [-0.4, -0.2) is 40.2 Å². The molecule has 0 aliphatic rings. The minimum Gasteiger partial charge on any atom is -0.486 e. The van der Waals surface area contributed by atoms with Gasteiger partial charge in [0.15, 0.2) is 12.4 Å². The monoisotopic (exact) mass is 724 g/mol. The van der Waals surface area contributed by atoms with Gasteiger partial charge < -0.3 is 14.5 Å². The number of benzene rings is 5. The molecule has 5 nitrogen and oxygen atoms in total. The van der Waals surface area contributed by atoms with Gasteiger partial charge in [0.2, 0.25) is 0 Å². The number of ketones is 1. The molecule has 0 radical (unpaired) electrons. The molecule has 6 aromatic rings. The van der Waals surface area contributed by atoms with Crippen LogP contribution in [0, 0.1) is 26.7 Å². The molecular weight excluding hydrogens is 680 g/mol. The second kappa shape index (κ2) is 15.4. The molecule has 0 saturated carbocycles. The number of carbonyl (C=O) groups is 1. The van der Waals surface area contributed by atoms with Crippen molar-refractivity contribution in [3.05, 3.63) is 124 Å². The number of oxime groups is 1. The molecule has 0 amide bonds. The maximum Gasteiger partial charge on any atom is 0.340 e. The number of nitrogens with zero attached hydrogens (tertiary/aromatic N) is 2. The molecule has 6 rings (SSSR count). The van der Waals surface area contributed by atoms with E-state index in [0.717, 1.165) is 81.5 Å². The Bertz CT molecular complexity index is 2320. The normalized spacial score (nSPS) is 13.1. The zero-order chi connectivity index (χ0) is 38.0. The van der Waals surface area contributed by atoms with Crippen molar-refractivity contribution in [2.75, 3.05) is 6.61 Å². The summed E-state index contributed by atoms with van der Waals surface area (Å²) < 4.78 is 61.2. The van der Waals surface area contributed by atoms with Gasteiger partial charge in [0.1, 0.15) is 11.5 Å². The summed E-state index contributed by atoms with van der Waals surface area (Å²) in [6, 6.07) is 25.6. The van der Waals surface area contributed by atoms with Gasteiger partial charge in [-0.2, -0.15) is 8.78 Å². The van der Waals surface area contributed by atoms with Gasteiger partial charge in [0.05, 0.1) is 5.52 Å². The zero-order valence-corrected chi connectivity index (χ0v) is 30.7. The van der Waals surface area contributed by atoms with E-state index >= 15 is 0 Å². The van der Waals surface area contributed by atoms with E-state index in [1.165, 1.54) is 18.2 Å². The Morgan fingerprint density at radius 1 is 0.849 bits per heavy atom. The summed E-state index contributed by atoms with van der Waals surface area (Å²) in [5.41, 5.74) is 6.64. The number of unbranched alkanes of at least 4 members (excludes halogenated alkanes) is 1. The van der Waals surface area contributed by atoms with E-state index in [1.54, 1.807) is 12.1 Å². The number of hydrogen-bond acceptors (Lipinski definition) is 4. The van der Waals surface area contributed by atoms with Crippen LogP contribution in [0.4, 0.5) is 17.6 Å². The lowest BCUT2D eigenvalue weighted by atomic mass is 9.89. The van der Waals surface area contributed by atoms with E-state index < -0.39 is 19.0 Å². The SMILES string of the molecule is CCCCC(CC)Cn1c2ccc(/C(=N\O)c3ccccc3OCC(F)(F)C(F)F)cc2c2cc(C(=O)c3c(C)cc(C)cc3C)c3ccccc3c21. The smallest absolute Gasteiger partial charge is 0.340 e. The molecule has 1 N–H and O–H groups in total. The summed E-state index contributed by atoms with van der Waals surface area (Å²) in [5.74, 6) is -4.18. The molecule has 0 saturated heterocycles. The Hall–Kier alpha value is -5.18. The third kappa shape index (κ3) is 7.26. The fraction of sp³-hybridized carbons (Fsp3) is 0.318. The van der Waals surface area contributed by atoms with E-state index in [9.17, 15) is 27.6 Å². The first kappa shape index (κ1) is 37.6. The summed E-state index contributed by atoms with van der Waals surface area (Å²) in [5, 5.41) is 17.4. The van der Waals surface area contributed by atoms with Crippen molar-refractivity contribution in [1.29, 1.82) is 0 Å². The molecule has 0 fully saturated rings. The molecule has 1 unspecified atom stereocenters. The molecule has 0 aliphatic heterocycles. The second-order valence-electron chi connectivity index (χ2n) is 14.0. The number of fused-ring (bicyclic) bond motifs is 5. The number of para-hydroxylation sites is 1. The van der Waals surface area contributed by atoms with Crippen LogP contribution in [0.25, 0.3) is 32.6 Å². The van der Waals surface area contributed by atoms with Gasteiger partial charge in [-0.1, -0.05) is 98.4 Å². The number of alkyl halides is 4. The van der Waals surface area contributed by atoms with Crippen molar-refractivity contribution < 1.29 is 32.3 Å². The average molecular weight is 725 g/mol. The maximum absolute atomic E-state index is 14.6. The van der Waals surface area contributed by atoms with Crippen molar-refractivity contribution >= 4 is 44.1 Å². The molecule has 0 aliphatic carbocycles. The number of carbonyl (C=O) groups excluding carboxylic acids is 1. The first-order valence-electron chi connectivity index (χ1n) is 18.1. The van der Waals surface area contributed by atoms with Crippen LogP contribution in [0.3, 0.4) is 0 Å². The standard InChI is InChI=1S/C44H44F4N2O3/c1-6-8-13-29(7-2)24-50-37-19-18-30(40(49-52)33-16-11-12-17-38(33)53-25-44(47,48)43(45)46)22-34(37)35-23-36(31-14-9-10-15-32(31)41(35)50)42(51)39-27(4)20-26(3)21-28(39)5/h9-12,14-23,29,43,52H,6-8,13,24-25H2,1-5H3/b49-40+. The van der Waals surface area contributed by atoms with E-state index in [4.69, 9.17) is 4.74 Å². The van der Waals surface area contributed by atoms with Crippen molar-refractivity contribution in [2.45, 2.75) is 79.2 Å². The molecule has 9 heteroatoms. The number of aromatic nitrogens is 1. The Kier molecular flexibility index (Phi) is 10.9. The number of rotatable bonds is 14. The number of ether oxygens (including phenoxy) is 1. The largest absolute Gasteiger partial charge is 0.486 e. The van der Waals surface area contributed by atoms with Crippen molar-refractivity contribution in [3.63, 3.8) is 0 Å². The highest BCUT2D eigenvalue weighted by atomic mass is 19.3. The van der Waals surface area contributed by atoms with E-state index in [2.05, 4.69) is 29.6 Å². The quantitative estimate of drug-likeness (QED) is 0.0400. The molecule has 1 atom stereocenters. The summed E-state index contributed by atoms with van der Waals surface area (Å²) in [6.07, 6.45) is 0.349. The molecule has 5 aromatic carbocycles.